The molecule has 0 aromatic carbocycles. The van der Waals surface area contributed by atoms with Crippen molar-refractivity contribution < 1.29 is 8.78 Å². The van der Waals surface area contributed by atoms with Crippen molar-refractivity contribution in [2.24, 2.45) is 0 Å². The third-order valence-electron chi connectivity index (χ3n) is 2.94. The fraction of sp³-hybridized carbons (Fsp3) is 0.700. The largest absolute Gasteiger partial charge is 0.280 e. The predicted octanol–water partition coefficient (Wildman–Crippen LogP) is 3.83. The van der Waals surface area contributed by atoms with Gasteiger partial charge in [-0.2, -0.15) is 5.10 Å². The lowest BCUT2D eigenvalue weighted by atomic mass is 10.2. The van der Waals surface area contributed by atoms with Crippen molar-refractivity contribution >= 4 is 15.9 Å². The van der Waals surface area contributed by atoms with Crippen LogP contribution in [0.25, 0.3) is 0 Å². The predicted molar refractivity (Wildman–Crippen MR) is 57.3 cm³/mol. The van der Waals surface area contributed by atoms with E-state index in [1.165, 1.54) is 4.68 Å². The Morgan fingerprint density at radius 3 is 2.67 bits per heavy atom. The van der Waals surface area contributed by atoms with E-state index in [9.17, 15) is 8.78 Å². The van der Waals surface area contributed by atoms with Crippen LogP contribution in [0.5, 0.6) is 0 Å². The van der Waals surface area contributed by atoms with E-state index in [1.807, 2.05) is 0 Å². The number of nitrogens with zero attached hydrogens (tertiary/aromatic N) is 2. The summed E-state index contributed by atoms with van der Waals surface area (Å²) in [5.74, 6) is 0. The summed E-state index contributed by atoms with van der Waals surface area (Å²) >= 11 is 3.21. The third kappa shape index (κ3) is 2.07. The standard InChI is InChI=1S/C10H13BrF2N2/c11-5-7-6-14-15(9(7)10(12)13)8-3-1-2-4-8/h6,8,10H,1-5H2. The van der Waals surface area contributed by atoms with Crippen molar-refractivity contribution in [2.45, 2.75) is 43.5 Å². The molecule has 1 aliphatic carbocycles. The van der Waals surface area contributed by atoms with Gasteiger partial charge in [-0.3, -0.25) is 4.68 Å². The van der Waals surface area contributed by atoms with E-state index in [-0.39, 0.29) is 11.7 Å². The van der Waals surface area contributed by atoms with Crippen LogP contribution in [0.15, 0.2) is 6.20 Å². The molecular formula is C10H13BrF2N2. The highest BCUT2D eigenvalue weighted by Crippen LogP contribution is 2.34. The summed E-state index contributed by atoms with van der Waals surface area (Å²) in [4.78, 5) is 0. The van der Waals surface area contributed by atoms with Gasteiger partial charge in [-0.25, -0.2) is 8.78 Å². The van der Waals surface area contributed by atoms with E-state index < -0.39 is 6.43 Å². The minimum Gasteiger partial charge on any atom is -0.260 e. The molecule has 0 saturated heterocycles. The van der Waals surface area contributed by atoms with Gasteiger partial charge in [-0.1, -0.05) is 28.8 Å². The number of hydrogen-bond acceptors (Lipinski definition) is 1. The Balaban J connectivity index is 2.33. The van der Waals surface area contributed by atoms with Crippen LogP contribution in [-0.4, -0.2) is 9.78 Å². The van der Waals surface area contributed by atoms with Crippen molar-refractivity contribution in [2.75, 3.05) is 0 Å². The van der Waals surface area contributed by atoms with Gasteiger partial charge in [0.25, 0.3) is 6.43 Å². The van der Waals surface area contributed by atoms with E-state index in [1.54, 1.807) is 6.20 Å². The van der Waals surface area contributed by atoms with Crippen molar-refractivity contribution in [3.05, 3.63) is 17.5 Å². The van der Waals surface area contributed by atoms with Gasteiger partial charge in [-0.05, 0) is 12.8 Å². The van der Waals surface area contributed by atoms with E-state index in [0.717, 1.165) is 25.7 Å². The second-order valence-electron chi connectivity index (χ2n) is 3.87. The molecule has 0 aliphatic heterocycles. The molecule has 84 valence electrons. The first-order valence-corrected chi connectivity index (χ1v) is 6.26. The number of hydrogen-bond donors (Lipinski definition) is 0. The molecule has 0 spiro atoms. The fourth-order valence-corrected chi connectivity index (χ4v) is 2.62. The van der Waals surface area contributed by atoms with Crippen LogP contribution in [0.3, 0.4) is 0 Å². The van der Waals surface area contributed by atoms with Gasteiger partial charge >= 0.3 is 0 Å². The van der Waals surface area contributed by atoms with Crippen molar-refractivity contribution in [3.63, 3.8) is 0 Å². The molecule has 1 aromatic heterocycles. The Hall–Kier alpha value is -0.450. The molecule has 1 aromatic rings. The molecule has 15 heavy (non-hydrogen) atoms. The molecule has 1 fully saturated rings. The lowest BCUT2D eigenvalue weighted by Gasteiger charge is -2.14. The van der Waals surface area contributed by atoms with Gasteiger partial charge in [-0.15, -0.1) is 0 Å². The van der Waals surface area contributed by atoms with Crippen LogP contribution < -0.4 is 0 Å². The van der Waals surface area contributed by atoms with Gasteiger partial charge < -0.3 is 0 Å². The normalized spacial score (nSPS) is 17.9. The third-order valence-corrected chi connectivity index (χ3v) is 3.54. The average molecular weight is 279 g/mol. The monoisotopic (exact) mass is 278 g/mol. The number of alkyl halides is 3. The summed E-state index contributed by atoms with van der Waals surface area (Å²) in [5.41, 5.74) is 0.704. The van der Waals surface area contributed by atoms with E-state index >= 15 is 0 Å². The van der Waals surface area contributed by atoms with E-state index in [4.69, 9.17) is 0 Å². The zero-order valence-corrected chi connectivity index (χ0v) is 9.88. The number of aromatic nitrogens is 2. The first-order valence-electron chi connectivity index (χ1n) is 5.14. The van der Waals surface area contributed by atoms with Gasteiger partial charge in [0, 0.05) is 10.9 Å². The maximum atomic E-state index is 12.9. The van der Waals surface area contributed by atoms with Crippen LogP contribution >= 0.6 is 15.9 Å². The lowest BCUT2D eigenvalue weighted by molar-refractivity contribution is 0.135. The quantitative estimate of drug-likeness (QED) is 0.769. The summed E-state index contributed by atoms with van der Waals surface area (Å²) in [6, 6.07) is 0.182. The summed E-state index contributed by atoms with van der Waals surface area (Å²) < 4.78 is 27.3. The number of halogens is 3. The van der Waals surface area contributed by atoms with Crippen molar-refractivity contribution in [3.8, 4) is 0 Å². The smallest absolute Gasteiger partial charge is 0.260 e. The van der Waals surface area contributed by atoms with Crippen molar-refractivity contribution in [1.82, 2.24) is 9.78 Å². The Morgan fingerprint density at radius 2 is 2.13 bits per heavy atom. The summed E-state index contributed by atoms with van der Waals surface area (Å²) in [5, 5.41) is 4.54. The fourth-order valence-electron chi connectivity index (χ4n) is 2.19. The highest BCUT2D eigenvalue weighted by molar-refractivity contribution is 9.08. The zero-order chi connectivity index (χ0) is 10.8. The van der Waals surface area contributed by atoms with Crippen LogP contribution in [0.2, 0.25) is 0 Å². The molecule has 0 N–H and O–H groups in total. The van der Waals surface area contributed by atoms with Crippen LogP contribution in [-0.2, 0) is 5.33 Å². The molecule has 0 atom stereocenters. The zero-order valence-electron chi connectivity index (χ0n) is 8.30. The Labute approximate surface area is 95.8 Å². The first-order chi connectivity index (χ1) is 7.24. The average Bonchev–Trinajstić information content (AvgIpc) is 2.85. The maximum Gasteiger partial charge on any atom is 0.280 e. The second-order valence-corrected chi connectivity index (χ2v) is 4.43. The molecule has 1 heterocycles. The lowest BCUT2D eigenvalue weighted by Crippen LogP contribution is -2.11. The minimum atomic E-state index is -2.43. The topological polar surface area (TPSA) is 17.8 Å². The van der Waals surface area contributed by atoms with Gasteiger partial charge in [0.2, 0.25) is 0 Å². The molecular weight excluding hydrogens is 266 g/mol. The number of rotatable bonds is 3. The maximum absolute atomic E-state index is 12.9. The van der Waals surface area contributed by atoms with E-state index in [0.29, 0.717) is 10.9 Å². The van der Waals surface area contributed by atoms with Gasteiger partial charge in [0.05, 0.1) is 12.2 Å². The van der Waals surface area contributed by atoms with Crippen LogP contribution in [0.1, 0.15) is 49.4 Å². The van der Waals surface area contributed by atoms with E-state index in [2.05, 4.69) is 21.0 Å². The summed E-state index contributed by atoms with van der Waals surface area (Å²) in [7, 11) is 0. The van der Waals surface area contributed by atoms with Gasteiger partial charge in [0.15, 0.2) is 0 Å². The SMILES string of the molecule is FC(F)c1c(CBr)cnn1C1CCCC1. The molecule has 2 nitrogen and oxygen atoms in total. The molecule has 0 unspecified atom stereocenters. The highest BCUT2D eigenvalue weighted by Gasteiger charge is 2.26. The molecule has 0 amide bonds. The van der Waals surface area contributed by atoms with Crippen LogP contribution in [0.4, 0.5) is 8.78 Å². The molecule has 1 saturated carbocycles. The van der Waals surface area contributed by atoms with Crippen LogP contribution in [0, 0.1) is 0 Å². The molecule has 0 bridgehead atoms. The second kappa shape index (κ2) is 4.60. The summed E-state index contributed by atoms with van der Waals surface area (Å²) in [6.07, 6.45) is 3.31. The molecule has 0 radical (unpaired) electrons. The molecule has 5 heteroatoms. The molecule has 1 aliphatic rings. The highest BCUT2D eigenvalue weighted by atomic mass is 79.9. The molecule has 2 rings (SSSR count). The van der Waals surface area contributed by atoms with Crippen molar-refractivity contribution in [1.29, 1.82) is 0 Å². The first kappa shape index (κ1) is 11.0. The summed E-state index contributed by atoms with van der Waals surface area (Å²) in [6.45, 7) is 0. The Morgan fingerprint density at radius 1 is 1.47 bits per heavy atom. The minimum absolute atomic E-state index is 0.0961. The Bertz CT molecular complexity index is 332. The Kier molecular flexibility index (Phi) is 3.38. The van der Waals surface area contributed by atoms with Gasteiger partial charge in [0.1, 0.15) is 5.69 Å².